The molecule has 2 aromatic rings. The standard InChI is InChI=1S/C16H19P/c1-17(2)16(15-11-7-4-8-12-15)13-14-9-5-3-6-10-14/h3-12,16H,13H2,1-2H3. The molecule has 0 aliphatic heterocycles. The number of rotatable bonds is 4. The van der Waals surface area contributed by atoms with Crippen molar-refractivity contribution < 1.29 is 0 Å². The summed E-state index contributed by atoms with van der Waals surface area (Å²) < 4.78 is 0. The second-order valence-corrected chi connectivity index (χ2v) is 7.13. The second kappa shape index (κ2) is 5.98. The normalized spacial score (nSPS) is 12.6. The van der Waals surface area contributed by atoms with E-state index in [1.165, 1.54) is 11.1 Å². The van der Waals surface area contributed by atoms with E-state index in [-0.39, 0.29) is 7.92 Å². The summed E-state index contributed by atoms with van der Waals surface area (Å²) in [4.78, 5) is 0. The first-order valence-corrected chi connectivity index (χ1v) is 8.33. The van der Waals surface area contributed by atoms with Crippen LogP contribution in [0, 0.1) is 0 Å². The van der Waals surface area contributed by atoms with Gasteiger partial charge < -0.3 is 0 Å². The highest BCUT2D eigenvalue weighted by molar-refractivity contribution is 7.56. The molecule has 0 nitrogen and oxygen atoms in total. The second-order valence-electron chi connectivity index (χ2n) is 4.58. The molecule has 0 N–H and O–H groups in total. The van der Waals surface area contributed by atoms with Gasteiger partial charge in [0.05, 0.1) is 0 Å². The Morgan fingerprint density at radius 1 is 0.824 bits per heavy atom. The summed E-state index contributed by atoms with van der Waals surface area (Å²) >= 11 is 0. The smallest absolute Gasteiger partial charge is 0.00772 e. The zero-order valence-electron chi connectivity index (χ0n) is 10.5. The average molecular weight is 242 g/mol. The van der Waals surface area contributed by atoms with E-state index in [1.54, 1.807) is 0 Å². The van der Waals surface area contributed by atoms with Gasteiger partial charge in [0.15, 0.2) is 0 Å². The third kappa shape index (κ3) is 3.41. The monoisotopic (exact) mass is 242 g/mol. The molecular formula is C16H19P. The summed E-state index contributed by atoms with van der Waals surface area (Å²) in [5.74, 6) is 0. The van der Waals surface area contributed by atoms with Crippen molar-refractivity contribution in [3.05, 3.63) is 71.8 Å². The molecule has 0 fully saturated rings. The molecule has 0 saturated heterocycles. The summed E-state index contributed by atoms with van der Waals surface area (Å²) in [6.07, 6.45) is 1.16. The molecule has 0 saturated carbocycles. The van der Waals surface area contributed by atoms with Gasteiger partial charge in [-0.2, -0.15) is 0 Å². The molecule has 1 unspecified atom stereocenters. The van der Waals surface area contributed by atoms with Crippen LogP contribution >= 0.6 is 7.92 Å². The predicted molar refractivity (Wildman–Crippen MR) is 78.1 cm³/mol. The van der Waals surface area contributed by atoms with Crippen molar-refractivity contribution in [1.82, 2.24) is 0 Å². The van der Waals surface area contributed by atoms with Gasteiger partial charge >= 0.3 is 0 Å². The molecule has 17 heavy (non-hydrogen) atoms. The first-order chi connectivity index (χ1) is 8.27. The van der Waals surface area contributed by atoms with E-state index < -0.39 is 0 Å². The van der Waals surface area contributed by atoms with Crippen molar-refractivity contribution in [1.29, 1.82) is 0 Å². The molecule has 88 valence electrons. The van der Waals surface area contributed by atoms with Gasteiger partial charge in [-0.1, -0.05) is 60.7 Å². The maximum atomic E-state index is 2.37. The predicted octanol–water partition coefficient (Wildman–Crippen LogP) is 4.71. The van der Waals surface area contributed by atoms with Crippen molar-refractivity contribution in [2.45, 2.75) is 12.1 Å². The zero-order valence-corrected chi connectivity index (χ0v) is 11.4. The van der Waals surface area contributed by atoms with E-state index in [0.29, 0.717) is 5.66 Å². The van der Waals surface area contributed by atoms with Crippen LogP contribution in [0.2, 0.25) is 0 Å². The van der Waals surface area contributed by atoms with E-state index in [9.17, 15) is 0 Å². The van der Waals surface area contributed by atoms with Crippen LogP contribution in [0.1, 0.15) is 16.8 Å². The minimum absolute atomic E-state index is 0.0361. The molecule has 0 spiro atoms. The fourth-order valence-electron chi connectivity index (χ4n) is 2.11. The van der Waals surface area contributed by atoms with Crippen molar-refractivity contribution in [2.75, 3.05) is 13.3 Å². The quantitative estimate of drug-likeness (QED) is 0.681. The first kappa shape index (κ1) is 12.3. The SMILES string of the molecule is CP(C)C(Cc1ccccc1)c1ccccc1. The van der Waals surface area contributed by atoms with Gasteiger partial charge in [0.1, 0.15) is 0 Å². The van der Waals surface area contributed by atoms with Gasteiger partial charge in [-0.3, -0.25) is 0 Å². The Hall–Kier alpha value is -1.13. The van der Waals surface area contributed by atoms with Crippen molar-refractivity contribution in [3.8, 4) is 0 Å². The Balaban J connectivity index is 2.20. The molecule has 2 rings (SSSR count). The van der Waals surface area contributed by atoms with E-state index >= 15 is 0 Å². The van der Waals surface area contributed by atoms with Crippen LogP contribution in [0.3, 0.4) is 0 Å². The van der Waals surface area contributed by atoms with E-state index in [0.717, 1.165) is 6.42 Å². The number of hydrogen-bond donors (Lipinski definition) is 0. The van der Waals surface area contributed by atoms with Crippen LogP contribution in [0.4, 0.5) is 0 Å². The van der Waals surface area contributed by atoms with Gasteiger partial charge in [-0.05, 0) is 30.9 Å². The number of benzene rings is 2. The minimum atomic E-state index is 0.0361. The largest absolute Gasteiger partial charge is 0.105 e. The molecule has 0 amide bonds. The molecule has 0 aliphatic carbocycles. The van der Waals surface area contributed by atoms with Crippen LogP contribution in [0.5, 0.6) is 0 Å². The molecule has 0 bridgehead atoms. The van der Waals surface area contributed by atoms with Crippen LogP contribution in [0.25, 0.3) is 0 Å². The molecule has 1 atom stereocenters. The maximum Gasteiger partial charge on any atom is 0.00772 e. The van der Waals surface area contributed by atoms with Crippen molar-refractivity contribution in [3.63, 3.8) is 0 Å². The van der Waals surface area contributed by atoms with Crippen LogP contribution in [-0.4, -0.2) is 13.3 Å². The maximum absolute atomic E-state index is 2.37. The molecule has 2 aromatic carbocycles. The molecule has 0 radical (unpaired) electrons. The van der Waals surface area contributed by atoms with Crippen LogP contribution in [0.15, 0.2) is 60.7 Å². The van der Waals surface area contributed by atoms with Gasteiger partial charge in [0, 0.05) is 5.66 Å². The Bertz CT molecular complexity index is 434. The lowest BCUT2D eigenvalue weighted by molar-refractivity contribution is 0.920. The Morgan fingerprint density at radius 3 is 1.88 bits per heavy atom. The summed E-state index contributed by atoms with van der Waals surface area (Å²) in [5, 5.41) is 0. The highest BCUT2D eigenvalue weighted by atomic mass is 31.1. The van der Waals surface area contributed by atoms with Gasteiger partial charge in [0.25, 0.3) is 0 Å². The summed E-state index contributed by atoms with van der Waals surface area (Å²) in [6.45, 7) is 4.74. The highest BCUT2D eigenvalue weighted by Crippen LogP contribution is 2.46. The fourth-order valence-corrected chi connectivity index (χ4v) is 3.46. The lowest BCUT2D eigenvalue weighted by Crippen LogP contribution is -2.00. The minimum Gasteiger partial charge on any atom is -0.105 e. The van der Waals surface area contributed by atoms with E-state index in [4.69, 9.17) is 0 Å². The van der Waals surface area contributed by atoms with Gasteiger partial charge in [-0.15, -0.1) is 7.92 Å². The molecular weight excluding hydrogens is 223 g/mol. The van der Waals surface area contributed by atoms with Crippen LogP contribution < -0.4 is 0 Å². The molecule has 0 aliphatic rings. The first-order valence-electron chi connectivity index (χ1n) is 6.02. The summed E-state index contributed by atoms with van der Waals surface area (Å²) in [7, 11) is 0.0361. The highest BCUT2D eigenvalue weighted by Gasteiger charge is 2.15. The fraction of sp³-hybridized carbons (Fsp3) is 0.250. The Morgan fingerprint density at radius 2 is 1.35 bits per heavy atom. The number of hydrogen-bond acceptors (Lipinski definition) is 0. The lowest BCUT2D eigenvalue weighted by atomic mass is 10.0. The van der Waals surface area contributed by atoms with E-state index in [2.05, 4.69) is 74.0 Å². The average Bonchev–Trinajstić information content (AvgIpc) is 2.38. The van der Waals surface area contributed by atoms with Gasteiger partial charge in [0.2, 0.25) is 0 Å². The van der Waals surface area contributed by atoms with Crippen molar-refractivity contribution in [2.24, 2.45) is 0 Å². The molecule has 0 heterocycles. The summed E-state index contributed by atoms with van der Waals surface area (Å²) in [5.41, 5.74) is 3.60. The Labute approximate surface area is 105 Å². The van der Waals surface area contributed by atoms with Crippen LogP contribution in [-0.2, 0) is 6.42 Å². The Kier molecular flexibility index (Phi) is 4.34. The topological polar surface area (TPSA) is 0 Å². The zero-order chi connectivity index (χ0) is 12.1. The summed E-state index contributed by atoms with van der Waals surface area (Å²) in [6, 6.07) is 21.7. The molecule has 1 heteroatoms. The van der Waals surface area contributed by atoms with Gasteiger partial charge in [-0.25, -0.2) is 0 Å². The van der Waals surface area contributed by atoms with Crippen molar-refractivity contribution >= 4 is 7.92 Å². The lowest BCUT2D eigenvalue weighted by Gasteiger charge is -2.22. The third-order valence-corrected chi connectivity index (χ3v) is 4.81. The van der Waals surface area contributed by atoms with E-state index in [1.807, 2.05) is 0 Å². The third-order valence-electron chi connectivity index (χ3n) is 3.08. The molecule has 0 aromatic heterocycles.